The highest BCUT2D eigenvalue weighted by atomic mass is 35.5. The van der Waals surface area contributed by atoms with E-state index in [1.807, 2.05) is 4.90 Å². The average Bonchev–Trinajstić information content (AvgIpc) is 3.45. The van der Waals surface area contributed by atoms with Crippen LogP contribution in [-0.4, -0.2) is 63.2 Å². The minimum atomic E-state index is -0.0530. The Morgan fingerprint density at radius 2 is 1.92 bits per heavy atom. The Morgan fingerprint density at radius 1 is 1.20 bits per heavy atom. The summed E-state index contributed by atoms with van der Waals surface area (Å²) < 4.78 is 5.41. The van der Waals surface area contributed by atoms with Gasteiger partial charge in [-0.1, -0.05) is 0 Å². The van der Waals surface area contributed by atoms with Crippen LogP contribution in [-0.2, 0) is 14.3 Å². The number of hydrogen-bond acceptors (Lipinski definition) is 4. The van der Waals surface area contributed by atoms with Crippen molar-refractivity contribution in [2.45, 2.75) is 38.5 Å². The summed E-state index contributed by atoms with van der Waals surface area (Å²) in [5.74, 6) is 0.563. The van der Waals surface area contributed by atoms with E-state index in [0.717, 1.165) is 58.2 Å². The monoisotopic (exact) mass is 373 g/mol. The van der Waals surface area contributed by atoms with Gasteiger partial charge in [-0.05, 0) is 51.6 Å². The van der Waals surface area contributed by atoms with Crippen molar-refractivity contribution < 1.29 is 14.3 Å². The fourth-order valence-electron chi connectivity index (χ4n) is 4.03. The number of rotatable bonds is 6. The first-order chi connectivity index (χ1) is 11.6. The van der Waals surface area contributed by atoms with Gasteiger partial charge in [0.2, 0.25) is 11.8 Å². The first-order valence-corrected chi connectivity index (χ1v) is 9.40. The number of carbonyl (C=O) groups excluding carboxylic acids is 2. The molecule has 1 unspecified atom stereocenters. The molecule has 1 aliphatic carbocycles. The van der Waals surface area contributed by atoms with E-state index in [1.165, 1.54) is 0 Å². The van der Waals surface area contributed by atoms with Gasteiger partial charge < -0.3 is 20.3 Å². The first kappa shape index (κ1) is 20.5. The summed E-state index contributed by atoms with van der Waals surface area (Å²) in [7, 11) is 1.73. The molecule has 0 aromatic rings. The van der Waals surface area contributed by atoms with Crippen LogP contribution in [0.25, 0.3) is 0 Å². The molecule has 2 aliphatic heterocycles. The molecule has 7 heteroatoms. The molecule has 2 heterocycles. The number of nitrogens with one attached hydrogen (secondary N) is 2. The van der Waals surface area contributed by atoms with Crippen LogP contribution >= 0.6 is 12.4 Å². The lowest BCUT2D eigenvalue weighted by Crippen LogP contribution is -2.50. The zero-order valence-electron chi connectivity index (χ0n) is 15.2. The zero-order chi connectivity index (χ0) is 17.0. The summed E-state index contributed by atoms with van der Waals surface area (Å²) >= 11 is 0. The van der Waals surface area contributed by atoms with E-state index in [1.54, 1.807) is 7.11 Å². The highest BCUT2D eigenvalue weighted by Crippen LogP contribution is 2.33. The van der Waals surface area contributed by atoms with E-state index in [-0.39, 0.29) is 41.5 Å². The van der Waals surface area contributed by atoms with E-state index in [2.05, 4.69) is 10.6 Å². The molecule has 0 bridgehead atoms. The summed E-state index contributed by atoms with van der Waals surface area (Å²) in [6.45, 7) is 4.73. The number of likely N-dealkylation sites (tertiary alicyclic amines) is 1. The quantitative estimate of drug-likeness (QED) is 0.733. The smallest absolute Gasteiger partial charge is 0.225 e. The van der Waals surface area contributed by atoms with Crippen LogP contribution in [0.15, 0.2) is 0 Å². The molecule has 3 aliphatic rings. The second-order valence-electron chi connectivity index (χ2n) is 7.80. The van der Waals surface area contributed by atoms with Crippen LogP contribution < -0.4 is 10.6 Å². The molecular weight excluding hydrogens is 342 g/mol. The lowest BCUT2D eigenvalue weighted by atomic mass is 9.79. The second kappa shape index (κ2) is 9.19. The highest BCUT2D eigenvalue weighted by molar-refractivity contribution is 5.85. The van der Waals surface area contributed by atoms with Gasteiger partial charge in [0.1, 0.15) is 0 Å². The number of methoxy groups -OCH3 is 1. The molecule has 0 radical (unpaired) electrons. The Labute approximate surface area is 156 Å². The van der Waals surface area contributed by atoms with Crippen LogP contribution in [0.4, 0.5) is 0 Å². The van der Waals surface area contributed by atoms with Gasteiger partial charge in [-0.25, -0.2) is 0 Å². The summed E-state index contributed by atoms with van der Waals surface area (Å²) in [4.78, 5) is 26.8. The molecule has 1 saturated carbocycles. The van der Waals surface area contributed by atoms with Gasteiger partial charge in [0.15, 0.2) is 0 Å². The molecule has 0 aromatic heterocycles. The number of amides is 2. The van der Waals surface area contributed by atoms with E-state index in [9.17, 15) is 9.59 Å². The number of piperidine rings is 2. The number of carbonyl (C=O) groups is 2. The van der Waals surface area contributed by atoms with Gasteiger partial charge >= 0.3 is 0 Å². The first-order valence-electron chi connectivity index (χ1n) is 9.40. The topological polar surface area (TPSA) is 70.7 Å². The number of nitrogens with zero attached hydrogens (tertiary/aromatic N) is 1. The fraction of sp³-hybridized carbons (Fsp3) is 0.889. The molecule has 0 spiro atoms. The van der Waals surface area contributed by atoms with E-state index >= 15 is 0 Å². The molecule has 1 atom stereocenters. The summed E-state index contributed by atoms with van der Waals surface area (Å²) in [6, 6.07) is 0. The lowest BCUT2D eigenvalue weighted by molar-refractivity contribution is -0.137. The van der Waals surface area contributed by atoms with Crippen LogP contribution in [0.5, 0.6) is 0 Å². The van der Waals surface area contributed by atoms with Crippen molar-refractivity contribution in [2.75, 3.05) is 46.4 Å². The van der Waals surface area contributed by atoms with Gasteiger partial charge in [-0.2, -0.15) is 0 Å². The molecule has 2 amide bonds. The second-order valence-corrected chi connectivity index (χ2v) is 7.80. The van der Waals surface area contributed by atoms with E-state index in [0.29, 0.717) is 19.7 Å². The largest absolute Gasteiger partial charge is 0.384 e. The Bertz CT molecular complexity index is 459. The number of halogens is 1. The van der Waals surface area contributed by atoms with Crippen molar-refractivity contribution in [1.29, 1.82) is 0 Å². The Kier molecular flexibility index (Phi) is 7.52. The molecule has 144 valence electrons. The van der Waals surface area contributed by atoms with Gasteiger partial charge in [-0.3, -0.25) is 9.59 Å². The molecule has 6 nitrogen and oxygen atoms in total. The maximum atomic E-state index is 12.6. The van der Waals surface area contributed by atoms with Crippen molar-refractivity contribution in [2.24, 2.45) is 17.3 Å². The predicted molar refractivity (Wildman–Crippen MR) is 98.7 cm³/mol. The Morgan fingerprint density at radius 3 is 2.56 bits per heavy atom. The molecule has 3 fully saturated rings. The Hall–Kier alpha value is -0.850. The molecule has 3 rings (SSSR count). The minimum Gasteiger partial charge on any atom is -0.384 e. The lowest BCUT2D eigenvalue weighted by Gasteiger charge is -2.38. The van der Waals surface area contributed by atoms with Crippen LogP contribution in [0, 0.1) is 17.3 Å². The van der Waals surface area contributed by atoms with E-state index in [4.69, 9.17) is 4.74 Å². The highest BCUT2D eigenvalue weighted by Gasteiger charge is 2.37. The van der Waals surface area contributed by atoms with Crippen molar-refractivity contribution in [1.82, 2.24) is 15.5 Å². The van der Waals surface area contributed by atoms with Crippen molar-refractivity contribution in [3.63, 3.8) is 0 Å². The molecule has 25 heavy (non-hydrogen) atoms. The van der Waals surface area contributed by atoms with E-state index < -0.39 is 0 Å². The molecule has 2 N–H and O–H groups in total. The van der Waals surface area contributed by atoms with Gasteiger partial charge in [0.25, 0.3) is 0 Å². The number of hydrogen-bond donors (Lipinski definition) is 2. The maximum Gasteiger partial charge on any atom is 0.225 e. The molecule has 2 saturated heterocycles. The van der Waals surface area contributed by atoms with Crippen molar-refractivity contribution in [3.8, 4) is 0 Å². The van der Waals surface area contributed by atoms with Crippen LogP contribution in [0.2, 0.25) is 0 Å². The Balaban J connectivity index is 0.00000225. The van der Waals surface area contributed by atoms with Crippen LogP contribution in [0.3, 0.4) is 0 Å². The molecule has 0 aromatic carbocycles. The van der Waals surface area contributed by atoms with Crippen molar-refractivity contribution in [3.05, 3.63) is 0 Å². The normalized spacial score (nSPS) is 25.8. The SMILES string of the molecule is COCC1(CNC(=O)C2CCCN(C(=O)C3CC3)C2)CCNCC1.Cl. The third-order valence-electron chi connectivity index (χ3n) is 5.78. The fourth-order valence-corrected chi connectivity index (χ4v) is 4.03. The maximum absolute atomic E-state index is 12.6. The summed E-state index contributed by atoms with van der Waals surface area (Å²) in [6.07, 6.45) is 5.93. The summed E-state index contributed by atoms with van der Waals surface area (Å²) in [5.41, 5.74) is 0.0495. The van der Waals surface area contributed by atoms with Crippen LogP contribution in [0.1, 0.15) is 38.5 Å². The zero-order valence-corrected chi connectivity index (χ0v) is 16.0. The van der Waals surface area contributed by atoms with Gasteiger partial charge in [0, 0.05) is 38.1 Å². The molecular formula is C18H32ClN3O3. The average molecular weight is 374 g/mol. The van der Waals surface area contributed by atoms with Gasteiger partial charge in [0.05, 0.1) is 12.5 Å². The van der Waals surface area contributed by atoms with Crippen molar-refractivity contribution >= 4 is 24.2 Å². The van der Waals surface area contributed by atoms with Gasteiger partial charge in [-0.15, -0.1) is 12.4 Å². The summed E-state index contributed by atoms with van der Waals surface area (Å²) in [5, 5.41) is 6.54. The standard InChI is InChI=1S/C18H31N3O3.ClH/c1-24-13-18(6-8-19-9-7-18)12-20-16(22)15-3-2-10-21(11-15)17(23)14-4-5-14;/h14-15,19H,2-13H2,1H3,(H,20,22);1H. The third kappa shape index (κ3) is 5.31. The predicted octanol–water partition coefficient (Wildman–Crippen LogP) is 1.19. The minimum absolute atomic E-state index is 0. The number of ether oxygens (including phenoxy) is 1. The third-order valence-corrected chi connectivity index (χ3v) is 5.78.